The highest BCUT2D eigenvalue weighted by Gasteiger charge is 2.24. The van der Waals surface area contributed by atoms with E-state index in [1.165, 1.54) is 12.1 Å². The molecule has 1 heterocycles. The third-order valence-corrected chi connectivity index (χ3v) is 3.82. The number of hydrogen-bond donors (Lipinski definition) is 1. The first-order valence-corrected chi connectivity index (χ1v) is 6.82. The molecule has 0 aromatic heterocycles. The average molecular weight is 301 g/mol. The van der Waals surface area contributed by atoms with Crippen LogP contribution in [0.4, 0.5) is 4.39 Å². The van der Waals surface area contributed by atoms with E-state index >= 15 is 0 Å². The highest BCUT2D eigenvalue weighted by Crippen LogP contribution is 2.20. The number of piperidine rings is 1. The molecule has 0 saturated carbocycles. The van der Waals surface area contributed by atoms with E-state index in [0.29, 0.717) is 11.5 Å². The second-order valence-corrected chi connectivity index (χ2v) is 5.25. The topological polar surface area (TPSA) is 32.3 Å². The van der Waals surface area contributed by atoms with Crippen LogP contribution in [0.3, 0.4) is 0 Å². The SMILES string of the molecule is CNCC1CCN(C(=O)c2cc(F)ccc2C)CC1.Cl. The zero-order valence-electron chi connectivity index (χ0n) is 12.0. The monoisotopic (exact) mass is 300 g/mol. The summed E-state index contributed by atoms with van der Waals surface area (Å²) in [6.45, 7) is 4.38. The van der Waals surface area contributed by atoms with Gasteiger partial charge in [-0.2, -0.15) is 0 Å². The number of hydrogen-bond acceptors (Lipinski definition) is 2. The van der Waals surface area contributed by atoms with Gasteiger partial charge in [-0.15, -0.1) is 12.4 Å². The van der Waals surface area contributed by atoms with Crippen LogP contribution in [0.5, 0.6) is 0 Å². The maximum absolute atomic E-state index is 13.3. The number of carbonyl (C=O) groups excluding carboxylic acids is 1. The molecule has 20 heavy (non-hydrogen) atoms. The molecule has 1 fully saturated rings. The van der Waals surface area contributed by atoms with Crippen LogP contribution in [-0.4, -0.2) is 37.5 Å². The molecule has 1 aromatic carbocycles. The number of halogens is 2. The standard InChI is InChI=1S/C15H21FN2O.ClH/c1-11-3-4-13(16)9-14(11)15(19)18-7-5-12(6-8-18)10-17-2;/h3-4,9,12,17H,5-8,10H2,1-2H3;1H. The minimum atomic E-state index is -0.348. The van der Waals surface area contributed by atoms with Crippen molar-refractivity contribution >= 4 is 18.3 Å². The van der Waals surface area contributed by atoms with Gasteiger partial charge in [-0.25, -0.2) is 4.39 Å². The zero-order chi connectivity index (χ0) is 13.8. The second-order valence-electron chi connectivity index (χ2n) is 5.25. The first kappa shape index (κ1) is 16.9. The summed E-state index contributed by atoms with van der Waals surface area (Å²) in [5, 5.41) is 3.18. The maximum atomic E-state index is 13.3. The van der Waals surface area contributed by atoms with E-state index in [1.54, 1.807) is 6.07 Å². The van der Waals surface area contributed by atoms with Crippen LogP contribution < -0.4 is 5.32 Å². The molecule has 5 heteroatoms. The number of aryl methyl sites for hydroxylation is 1. The van der Waals surface area contributed by atoms with Crippen molar-refractivity contribution in [1.29, 1.82) is 0 Å². The van der Waals surface area contributed by atoms with Crippen molar-refractivity contribution in [2.45, 2.75) is 19.8 Å². The highest BCUT2D eigenvalue weighted by atomic mass is 35.5. The Balaban J connectivity index is 0.00000200. The van der Waals surface area contributed by atoms with E-state index in [4.69, 9.17) is 0 Å². The van der Waals surface area contributed by atoms with Crippen molar-refractivity contribution in [1.82, 2.24) is 10.2 Å². The Hall–Kier alpha value is -1.13. The third kappa shape index (κ3) is 3.93. The Labute approximate surface area is 125 Å². The molecule has 112 valence electrons. The van der Waals surface area contributed by atoms with E-state index in [1.807, 2.05) is 18.9 Å². The lowest BCUT2D eigenvalue weighted by Crippen LogP contribution is -2.40. The third-order valence-electron chi connectivity index (χ3n) is 3.82. The van der Waals surface area contributed by atoms with Crippen LogP contribution >= 0.6 is 12.4 Å². The summed E-state index contributed by atoms with van der Waals surface area (Å²) in [4.78, 5) is 14.2. The molecule has 1 amide bonds. The fourth-order valence-corrected chi connectivity index (χ4v) is 2.62. The fourth-order valence-electron chi connectivity index (χ4n) is 2.62. The van der Waals surface area contributed by atoms with Gasteiger partial charge in [0, 0.05) is 18.7 Å². The predicted octanol–water partition coefficient (Wildman–Crippen LogP) is 2.63. The lowest BCUT2D eigenvalue weighted by Gasteiger charge is -2.32. The van der Waals surface area contributed by atoms with Crippen LogP contribution in [0.15, 0.2) is 18.2 Å². The van der Waals surface area contributed by atoms with E-state index in [0.717, 1.165) is 38.0 Å². The van der Waals surface area contributed by atoms with Crippen molar-refractivity contribution in [3.63, 3.8) is 0 Å². The molecule has 1 N–H and O–H groups in total. The van der Waals surface area contributed by atoms with Crippen LogP contribution in [0.1, 0.15) is 28.8 Å². The smallest absolute Gasteiger partial charge is 0.254 e. The zero-order valence-corrected chi connectivity index (χ0v) is 12.8. The molecule has 1 saturated heterocycles. The molecule has 0 aliphatic carbocycles. The molecule has 2 rings (SSSR count). The molecular weight excluding hydrogens is 279 g/mol. The van der Waals surface area contributed by atoms with Gasteiger partial charge in [0.05, 0.1) is 0 Å². The van der Waals surface area contributed by atoms with Crippen LogP contribution in [0.25, 0.3) is 0 Å². The first-order valence-electron chi connectivity index (χ1n) is 6.82. The van der Waals surface area contributed by atoms with Crippen LogP contribution in [0, 0.1) is 18.7 Å². The van der Waals surface area contributed by atoms with E-state index < -0.39 is 0 Å². The summed E-state index contributed by atoms with van der Waals surface area (Å²) < 4.78 is 13.3. The van der Waals surface area contributed by atoms with Gasteiger partial charge >= 0.3 is 0 Å². The minimum absolute atomic E-state index is 0. The first-order chi connectivity index (χ1) is 9.11. The molecule has 0 radical (unpaired) electrons. The molecule has 1 aromatic rings. The number of amides is 1. The van der Waals surface area contributed by atoms with E-state index in [9.17, 15) is 9.18 Å². The lowest BCUT2D eigenvalue weighted by molar-refractivity contribution is 0.0689. The van der Waals surface area contributed by atoms with Gasteiger partial charge in [-0.1, -0.05) is 6.07 Å². The van der Waals surface area contributed by atoms with Crippen molar-refractivity contribution < 1.29 is 9.18 Å². The van der Waals surface area contributed by atoms with Crippen molar-refractivity contribution in [2.75, 3.05) is 26.7 Å². The maximum Gasteiger partial charge on any atom is 0.254 e. The molecule has 0 atom stereocenters. The molecule has 0 bridgehead atoms. The van der Waals surface area contributed by atoms with E-state index in [-0.39, 0.29) is 24.1 Å². The Morgan fingerprint density at radius 3 is 2.65 bits per heavy atom. The highest BCUT2D eigenvalue weighted by molar-refractivity contribution is 5.95. The number of likely N-dealkylation sites (tertiary alicyclic amines) is 1. The Bertz CT molecular complexity index is 459. The van der Waals surface area contributed by atoms with Crippen molar-refractivity contribution in [2.24, 2.45) is 5.92 Å². The molecule has 0 unspecified atom stereocenters. The lowest BCUT2D eigenvalue weighted by atomic mass is 9.96. The Morgan fingerprint density at radius 2 is 2.05 bits per heavy atom. The van der Waals surface area contributed by atoms with E-state index in [2.05, 4.69) is 5.32 Å². The van der Waals surface area contributed by atoms with Gasteiger partial charge in [-0.3, -0.25) is 4.79 Å². The normalized spacial score (nSPS) is 15.8. The summed E-state index contributed by atoms with van der Waals surface area (Å²) in [6.07, 6.45) is 2.03. The second kappa shape index (κ2) is 7.60. The van der Waals surface area contributed by atoms with Crippen LogP contribution in [0.2, 0.25) is 0 Å². The fraction of sp³-hybridized carbons (Fsp3) is 0.533. The van der Waals surface area contributed by atoms with Gasteiger partial charge in [0.25, 0.3) is 5.91 Å². The molecule has 1 aliphatic rings. The number of benzene rings is 1. The largest absolute Gasteiger partial charge is 0.339 e. The van der Waals surface area contributed by atoms with Gasteiger partial charge in [0.2, 0.25) is 0 Å². The molecule has 3 nitrogen and oxygen atoms in total. The number of rotatable bonds is 3. The summed E-state index contributed by atoms with van der Waals surface area (Å²) in [5.74, 6) is 0.251. The summed E-state index contributed by atoms with van der Waals surface area (Å²) >= 11 is 0. The number of carbonyl (C=O) groups is 1. The van der Waals surface area contributed by atoms with Gasteiger partial charge in [0.1, 0.15) is 5.82 Å². The Kier molecular flexibility index (Phi) is 6.43. The number of nitrogens with zero attached hydrogens (tertiary/aromatic N) is 1. The molecule has 0 spiro atoms. The van der Waals surface area contributed by atoms with Crippen LogP contribution in [-0.2, 0) is 0 Å². The quantitative estimate of drug-likeness (QED) is 0.931. The van der Waals surface area contributed by atoms with Gasteiger partial charge in [-0.05, 0) is 57.0 Å². The summed E-state index contributed by atoms with van der Waals surface area (Å²) in [6, 6.07) is 4.40. The van der Waals surface area contributed by atoms with Gasteiger partial charge < -0.3 is 10.2 Å². The van der Waals surface area contributed by atoms with Gasteiger partial charge in [0.15, 0.2) is 0 Å². The van der Waals surface area contributed by atoms with Crippen molar-refractivity contribution in [3.8, 4) is 0 Å². The predicted molar refractivity (Wildman–Crippen MR) is 80.9 cm³/mol. The molecule has 1 aliphatic heterocycles. The minimum Gasteiger partial charge on any atom is -0.339 e. The molecular formula is C15H22ClFN2O. The summed E-state index contributed by atoms with van der Waals surface area (Å²) in [5.41, 5.74) is 1.33. The summed E-state index contributed by atoms with van der Waals surface area (Å²) in [7, 11) is 1.95. The Morgan fingerprint density at radius 1 is 1.40 bits per heavy atom. The number of nitrogens with one attached hydrogen (secondary N) is 1. The average Bonchev–Trinajstić information content (AvgIpc) is 2.42. The van der Waals surface area contributed by atoms with Crippen molar-refractivity contribution in [3.05, 3.63) is 35.1 Å².